The van der Waals surface area contributed by atoms with Crippen molar-refractivity contribution in [2.24, 2.45) is 11.8 Å². The van der Waals surface area contributed by atoms with E-state index >= 15 is 0 Å². The summed E-state index contributed by atoms with van der Waals surface area (Å²) in [7, 11) is 0. The van der Waals surface area contributed by atoms with Gasteiger partial charge in [0, 0.05) is 5.92 Å². The molecule has 1 aromatic carbocycles. The van der Waals surface area contributed by atoms with Gasteiger partial charge >= 0.3 is 0 Å². The zero-order valence-corrected chi connectivity index (χ0v) is 7.45. The van der Waals surface area contributed by atoms with Gasteiger partial charge in [0.05, 0.1) is 0 Å². The molecule has 1 aromatic rings. The van der Waals surface area contributed by atoms with Gasteiger partial charge in [0.1, 0.15) is 0 Å². The van der Waals surface area contributed by atoms with Crippen LogP contribution in [0.15, 0.2) is 30.3 Å². The van der Waals surface area contributed by atoms with Crippen molar-refractivity contribution in [2.75, 3.05) is 0 Å². The highest BCUT2D eigenvalue weighted by molar-refractivity contribution is 5.27. The van der Waals surface area contributed by atoms with Crippen LogP contribution < -0.4 is 0 Å². The highest BCUT2D eigenvalue weighted by Gasteiger charge is 2.52. The van der Waals surface area contributed by atoms with Crippen molar-refractivity contribution in [1.29, 1.82) is 0 Å². The van der Waals surface area contributed by atoms with Crippen molar-refractivity contribution in [3.05, 3.63) is 35.9 Å². The van der Waals surface area contributed by atoms with Crippen molar-refractivity contribution >= 4 is 0 Å². The lowest BCUT2D eigenvalue weighted by molar-refractivity contribution is 0.115. The second-order valence-electron chi connectivity index (χ2n) is 3.71. The van der Waals surface area contributed by atoms with Gasteiger partial charge in [-0.1, -0.05) is 37.3 Å². The molecule has 1 saturated carbocycles. The van der Waals surface area contributed by atoms with Crippen LogP contribution in [0.4, 0.5) is 8.78 Å². The Bertz CT molecular complexity index is 281. The predicted octanol–water partition coefficient (Wildman–Crippen LogP) is 3.30. The molecule has 0 aliphatic heterocycles. The van der Waals surface area contributed by atoms with E-state index < -0.39 is 12.3 Å². The lowest BCUT2D eigenvalue weighted by atomic mass is 10.1. The number of hydrogen-bond acceptors (Lipinski definition) is 0. The summed E-state index contributed by atoms with van der Waals surface area (Å²) in [4.78, 5) is 0. The Morgan fingerprint density at radius 3 is 2.23 bits per heavy atom. The Hall–Kier alpha value is -0.920. The maximum Gasteiger partial charge on any atom is 0.242 e. The standard InChI is InChI=1S/C11H12F2/c1-7-9(10(7)11(12)13)8-5-3-2-4-6-8/h2-7,9-11H,1H3/t7-,9+,10?/m1/s1. The van der Waals surface area contributed by atoms with Crippen molar-refractivity contribution in [1.82, 2.24) is 0 Å². The van der Waals surface area contributed by atoms with Gasteiger partial charge in [-0.15, -0.1) is 0 Å². The minimum absolute atomic E-state index is 0.0844. The highest BCUT2D eigenvalue weighted by atomic mass is 19.3. The zero-order valence-electron chi connectivity index (χ0n) is 7.45. The first-order chi connectivity index (χ1) is 6.22. The molecule has 3 atom stereocenters. The molecule has 2 heteroatoms. The molecule has 13 heavy (non-hydrogen) atoms. The van der Waals surface area contributed by atoms with Crippen LogP contribution >= 0.6 is 0 Å². The molecule has 1 aliphatic rings. The summed E-state index contributed by atoms with van der Waals surface area (Å²) in [5, 5.41) is 0. The van der Waals surface area contributed by atoms with E-state index in [1.807, 2.05) is 37.3 Å². The van der Waals surface area contributed by atoms with Gasteiger partial charge in [-0.2, -0.15) is 0 Å². The molecule has 0 N–H and O–H groups in total. The predicted molar refractivity (Wildman–Crippen MR) is 47.8 cm³/mol. The van der Waals surface area contributed by atoms with Gasteiger partial charge in [-0.25, -0.2) is 8.78 Å². The van der Waals surface area contributed by atoms with Gasteiger partial charge in [0.15, 0.2) is 0 Å². The maximum absolute atomic E-state index is 12.4. The van der Waals surface area contributed by atoms with E-state index in [0.717, 1.165) is 5.56 Å². The van der Waals surface area contributed by atoms with E-state index in [2.05, 4.69) is 0 Å². The smallest absolute Gasteiger partial charge is 0.210 e. The third kappa shape index (κ3) is 1.45. The first-order valence-corrected chi connectivity index (χ1v) is 4.55. The van der Waals surface area contributed by atoms with E-state index in [4.69, 9.17) is 0 Å². The fraction of sp³-hybridized carbons (Fsp3) is 0.455. The Balaban J connectivity index is 2.14. The summed E-state index contributed by atoms with van der Waals surface area (Å²) in [6, 6.07) is 9.59. The number of rotatable bonds is 2. The molecule has 2 rings (SSSR count). The third-order valence-electron chi connectivity index (χ3n) is 2.92. The van der Waals surface area contributed by atoms with Crippen LogP contribution in [0.5, 0.6) is 0 Å². The third-order valence-corrected chi connectivity index (χ3v) is 2.92. The largest absolute Gasteiger partial charge is 0.242 e. The van der Waals surface area contributed by atoms with Gasteiger partial charge in [-0.05, 0) is 17.4 Å². The Morgan fingerprint density at radius 1 is 1.15 bits per heavy atom. The number of hydrogen-bond donors (Lipinski definition) is 0. The molecule has 0 heterocycles. The average Bonchev–Trinajstić information content (AvgIpc) is 2.79. The van der Waals surface area contributed by atoms with Gasteiger partial charge in [0.2, 0.25) is 6.43 Å². The van der Waals surface area contributed by atoms with E-state index in [0.29, 0.717) is 0 Å². The van der Waals surface area contributed by atoms with E-state index in [1.165, 1.54) is 0 Å². The topological polar surface area (TPSA) is 0 Å². The maximum atomic E-state index is 12.4. The van der Waals surface area contributed by atoms with Crippen LogP contribution in [0.1, 0.15) is 18.4 Å². The summed E-state index contributed by atoms with van der Waals surface area (Å²) < 4.78 is 24.8. The normalized spacial score (nSPS) is 32.2. The van der Waals surface area contributed by atoms with Crippen molar-refractivity contribution in [2.45, 2.75) is 19.3 Å². The Labute approximate surface area is 76.6 Å². The van der Waals surface area contributed by atoms with Crippen LogP contribution in [0.2, 0.25) is 0 Å². The molecule has 1 fully saturated rings. The monoisotopic (exact) mass is 182 g/mol. The van der Waals surface area contributed by atoms with Gasteiger partial charge in [0.25, 0.3) is 0 Å². The molecular formula is C11H12F2. The molecule has 0 aromatic heterocycles. The summed E-state index contributed by atoms with van der Waals surface area (Å²) in [5.41, 5.74) is 1.06. The van der Waals surface area contributed by atoms with E-state index in [-0.39, 0.29) is 11.8 Å². The SMILES string of the molecule is C[C@H]1C(C(F)F)[C@@H]1c1ccccc1. The summed E-state index contributed by atoms with van der Waals surface area (Å²) in [6.07, 6.45) is -2.17. The molecule has 1 aliphatic carbocycles. The number of halogens is 2. The molecule has 0 spiro atoms. The zero-order chi connectivity index (χ0) is 9.42. The molecular weight excluding hydrogens is 170 g/mol. The molecule has 1 unspecified atom stereocenters. The minimum Gasteiger partial charge on any atom is -0.210 e. The lowest BCUT2D eigenvalue weighted by Gasteiger charge is -1.98. The number of benzene rings is 1. The van der Waals surface area contributed by atoms with Crippen LogP contribution in [0, 0.1) is 11.8 Å². The van der Waals surface area contributed by atoms with Crippen LogP contribution in [0.3, 0.4) is 0 Å². The minimum atomic E-state index is -2.17. The highest BCUT2D eigenvalue weighted by Crippen LogP contribution is 2.56. The quantitative estimate of drug-likeness (QED) is 0.658. The first-order valence-electron chi connectivity index (χ1n) is 4.55. The summed E-state index contributed by atoms with van der Waals surface area (Å²) in [6.45, 7) is 1.90. The summed E-state index contributed by atoms with van der Waals surface area (Å²) >= 11 is 0. The number of alkyl halides is 2. The van der Waals surface area contributed by atoms with Crippen molar-refractivity contribution in [3.63, 3.8) is 0 Å². The lowest BCUT2D eigenvalue weighted by Crippen LogP contribution is -1.95. The second-order valence-corrected chi connectivity index (χ2v) is 3.71. The second kappa shape index (κ2) is 3.09. The molecule has 0 bridgehead atoms. The molecule has 0 radical (unpaired) electrons. The Morgan fingerprint density at radius 2 is 1.77 bits per heavy atom. The van der Waals surface area contributed by atoms with Gasteiger partial charge in [-0.3, -0.25) is 0 Å². The first kappa shape index (κ1) is 8.67. The molecule has 0 nitrogen and oxygen atoms in total. The van der Waals surface area contributed by atoms with Crippen LogP contribution in [-0.2, 0) is 0 Å². The van der Waals surface area contributed by atoms with Crippen LogP contribution in [-0.4, -0.2) is 6.43 Å². The van der Waals surface area contributed by atoms with Crippen LogP contribution in [0.25, 0.3) is 0 Å². The van der Waals surface area contributed by atoms with E-state index in [1.54, 1.807) is 0 Å². The molecule has 70 valence electrons. The van der Waals surface area contributed by atoms with Crippen molar-refractivity contribution < 1.29 is 8.78 Å². The molecule has 0 saturated heterocycles. The Kier molecular flexibility index (Phi) is 2.06. The molecule has 0 amide bonds. The van der Waals surface area contributed by atoms with Crippen molar-refractivity contribution in [3.8, 4) is 0 Å². The van der Waals surface area contributed by atoms with Gasteiger partial charge < -0.3 is 0 Å². The fourth-order valence-corrected chi connectivity index (χ4v) is 2.08. The van der Waals surface area contributed by atoms with E-state index in [9.17, 15) is 8.78 Å². The fourth-order valence-electron chi connectivity index (χ4n) is 2.08. The summed E-state index contributed by atoms with van der Waals surface area (Å²) in [5.74, 6) is -0.189. The average molecular weight is 182 g/mol.